The van der Waals surface area contributed by atoms with Gasteiger partial charge in [0.05, 0.1) is 5.02 Å². The Kier molecular flexibility index (Phi) is 3.88. The maximum atomic E-state index is 5.97. The second kappa shape index (κ2) is 5.24. The first-order chi connectivity index (χ1) is 8.52. The minimum atomic E-state index is 0.547. The van der Waals surface area contributed by atoms with Crippen LogP contribution < -0.4 is 5.73 Å². The molecule has 0 amide bonds. The van der Waals surface area contributed by atoms with E-state index in [4.69, 9.17) is 17.3 Å². The molecule has 0 saturated carbocycles. The van der Waals surface area contributed by atoms with Gasteiger partial charge in [-0.15, -0.1) is 0 Å². The number of nitrogens with two attached hydrogens (primary N) is 1. The molecule has 3 nitrogen and oxygen atoms in total. The summed E-state index contributed by atoms with van der Waals surface area (Å²) in [5.74, 6) is 1.17. The van der Waals surface area contributed by atoms with Gasteiger partial charge in [0.25, 0.3) is 0 Å². The molecule has 94 valence electrons. The number of halogens is 2. The summed E-state index contributed by atoms with van der Waals surface area (Å²) in [6.45, 7) is 3.99. The van der Waals surface area contributed by atoms with E-state index in [2.05, 4.69) is 25.9 Å². The monoisotopic (exact) mass is 325 g/mol. The molecule has 0 atom stereocenters. The number of anilines is 1. The molecule has 0 aliphatic heterocycles. The second-order valence-electron chi connectivity index (χ2n) is 3.98. The van der Waals surface area contributed by atoms with Crippen LogP contribution in [0.15, 0.2) is 22.7 Å². The zero-order chi connectivity index (χ0) is 13.3. The molecule has 0 radical (unpaired) electrons. The van der Waals surface area contributed by atoms with E-state index in [9.17, 15) is 0 Å². The molecule has 0 unspecified atom stereocenters. The van der Waals surface area contributed by atoms with Gasteiger partial charge in [0.2, 0.25) is 0 Å². The van der Waals surface area contributed by atoms with Gasteiger partial charge >= 0.3 is 0 Å². The molecular formula is C13H13BrClN3. The van der Waals surface area contributed by atoms with Crippen molar-refractivity contribution in [2.75, 3.05) is 5.73 Å². The van der Waals surface area contributed by atoms with Crippen LogP contribution in [0.25, 0.3) is 11.4 Å². The van der Waals surface area contributed by atoms with E-state index in [1.54, 1.807) is 0 Å². The number of hydrogen-bond acceptors (Lipinski definition) is 3. The predicted octanol–water partition coefficient (Wildman–Crippen LogP) is 4.01. The summed E-state index contributed by atoms with van der Waals surface area (Å²) in [7, 11) is 0. The number of aromatic nitrogens is 2. The Morgan fingerprint density at radius 1 is 1.33 bits per heavy atom. The molecule has 0 aliphatic rings. The first-order valence-corrected chi connectivity index (χ1v) is 6.78. The van der Waals surface area contributed by atoms with Crippen molar-refractivity contribution in [1.29, 1.82) is 0 Å². The molecule has 1 heterocycles. The summed E-state index contributed by atoms with van der Waals surface area (Å²) in [4.78, 5) is 8.84. The minimum Gasteiger partial charge on any atom is -0.383 e. The van der Waals surface area contributed by atoms with Gasteiger partial charge in [-0.2, -0.15) is 0 Å². The Morgan fingerprint density at radius 2 is 2.06 bits per heavy atom. The third-order valence-corrected chi connectivity index (χ3v) is 3.99. The summed E-state index contributed by atoms with van der Waals surface area (Å²) in [5, 5.41) is 0.661. The van der Waals surface area contributed by atoms with E-state index in [-0.39, 0.29) is 0 Å². The van der Waals surface area contributed by atoms with Gasteiger partial charge in [0.1, 0.15) is 5.82 Å². The van der Waals surface area contributed by atoms with Crippen LogP contribution in [0.4, 0.5) is 5.82 Å². The van der Waals surface area contributed by atoms with E-state index in [1.165, 1.54) is 0 Å². The van der Waals surface area contributed by atoms with Crippen LogP contribution in [0, 0.1) is 6.92 Å². The zero-order valence-corrected chi connectivity index (χ0v) is 12.5. The molecule has 0 spiro atoms. The topological polar surface area (TPSA) is 51.8 Å². The molecule has 1 aromatic carbocycles. The number of benzene rings is 1. The maximum absolute atomic E-state index is 5.97. The van der Waals surface area contributed by atoms with Crippen molar-refractivity contribution in [3.63, 3.8) is 0 Å². The largest absolute Gasteiger partial charge is 0.383 e. The lowest BCUT2D eigenvalue weighted by atomic mass is 10.1. The van der Waals surface area contributed by atoms with Crippen LogP contribution in [0.2, 0.25) is 5.02 Å². The Morgan fingerprint density at radius 3 is 2.61 bits per heavy atom. The van der Waals surface area contributed by atoms with Crippen molar-refractivity contribution in [3.8, 4) is 11.4 Å². The molecule has 0 saturated heterocycles. The van der Waals surface area contributed by atoms with Gasteiger partial charge in [-0.25, -0.2) is 9.97 Å². The Balaban J connectivity index is 2.54. The third-order valence-electron chi connectivity index (χ3n) is 2.78. The van der Waals surface area contributed by atoms with Crippen LogP contribution in [0.1, 0.15) is 18.2 Å². The quantitative estimate of drug-likeness (QED) is 0.907. The smallest absolute Gasteiger partial charge is 0.161 e. The van der Waals surface area contributed by atoms with E-state index < -0.39 is 0 Å². The van der Waals surface area contributed by atoms with Crippen LogP contribution in [-0.4, -0.2) is 9.97 Å². The fourth-order valence-electron chi connectivity index (χ4n) is 1.82. The second-order valence-corrected chi connectivity index (χ2v) is 5.24. The van der Waals surface area contributed by atoms with E-state index in [0.717, 1.165) is 27.7 Å². The minimum absolute atomic E-state index is 0.547. The van der Waals surface area contributed by atoms with Crippen molar-refractivity contribution in [1.82, 2.24) is 9.97 Å². The summed E-state index contributed by atoms with van der Waals surface area (Å²) >= 11 is 9.36. The maximum Gasteiger partial charge on any atom is 0.161 e. The zero-order valence-electron chi connectivity index (χ0n) is 10.2. The molecule has 2 aromatic rings. The first kappa shape index (κ1) is 13.3. The van der Waals surface area contributed by atoms with Crippen molar-refractivity contribution in [2.24, 2.45) is 0 Å². The lowest BCUT2D eigenvalue weighted by Crippen LogP contribution is -2.04. The molecule has 2 rings (SSSR count). The number of hydrogen-bond donors (Lipinski definition) is 1. The Labute approximate surface area is 120 Å². The lowest BCUT2D eigenvalue weighted by molar-refractivity contribution is 1.01. The van der Waals surface area contributed by atoms with Gasteiger partial charge < -0.3 is 5.73 Å². The molecule has 1 aromatic heterocycles. The average molecular weight is 327 g/mol. The lowest BCUT2D eigenvalue weighted by Gasteiger charge is -2.09. The number of rotatable bonds is 2. The van der Waals surface area contributed by atoms with Crippen molar-refractivity contribution in [3.05, 3.63) is 39.0 Å². The number of aryl methyl sites for hydroxylation is 1. The molecule has 5 heteroatoms. The normalized spacial score (nSPS) is 10.7. The molecule has 0 bridgehead atoms. The Bertz CT molecular complexity index is 576. The van der Waals surface area contributed by atoms with Crippen LogP contribution in [-0.2, 0) is 6.42 Å². The van der Waals surface area contributed by atoms with E-state index in [1.807, 2.05) is 32.0 Å². The van der Waals surface area contributed by atoms with Gasteiger partial charge in [-0.3, -0.25) is 0 Å². The SMILES string of the molecule is CCc1c(C)nc(-c2ccc(Cl)c(Br)c2)nc1N. The predicted molar refractivity (Wildman–Crippen MR) is 78.7 cm³/mol. The van der Waals surface area contributed by atoms with Gasteiger partial charge in [-0.05, 0) is 47.5 Å². The van der Waals surface area contributed by atoms with Crippen molar-refractivity contribution in [2.45, 2.75) is 20.3 Å². The van der Waals surface area contributed by atoms with Crippen LogP contribution in [0.5, 0.6) is 0 Å². The van der Waals surface area contributed by atoms with Gasteiger partial charge in [0, 0.05) is 21.3 Å². The average Bonchev–Trinajstić information content (AvgIpc) is 2.32. The van der Waals surface area contributed by atoms with Gasteiger partial charge in [-0.1, -0.05) is 18.5 Å². The molecule has 0 aliphatic carbocycles. The van der Waals surface area contributed by atoms with E-state index >= 15 is 0 Å². The molecular weight excluding hydrogens is 314 g/mol. The highest BCUT2D eigenvalue weighted by atomic mass is 79.9. The van der Waals surface area contributed by atoms with Gasteiger partial charge in [0.15, 0.2) is 5.82 Å². The molecule has 18 heavy (non-hydrogen) atoms. The highest BCUT2D eigenvalue weighted by Crippen LogP contribution is 2.28. The summed E-state index contributed by atoms with van der Waals surface area (Å²) in [6.07, 6.45) is 0.836. The van der Waals surface area contributed by atoms with Crippen molar-refractivity contribution >= 4 is 33.3 Å². The molecule has 2 N–H and O–H groups in total. The third kappa shape index (κ3) is 2.49. The standard InChI is InChI=1S/C13H13BrClN3/c1-3-9-7(2)17-13(18-12(9)16)8-4-5-11(15)10(14)6-8/h4-6H,3H2,1-2H3,(H2,16,17,18). The fourth-order valence-corrected chi connectivity index (χ4v) is 2.32. The highest BCUT2D eigenvalue weighted by molar-refractivity contribution is 9.10. The van der Waals surface area contributed by atoms with E-state index in [0.29, 0.717) is 16.7 Å². The van der Waals surface area contributed by atoms with Crippen LogP contribution in [0.3, 0.4) is 0 Å². The Hall–Kier alpha value is -1.13. The first-order valence-electron chi connectivity index (χ1n) is 5.61. The number of nitrogen functional groups attached to an aromatic ring is 1. The van der Waals surface area contributed by atoms with Crippen molar-refractivity contribution < 1.29 is 0 Å². The van der Waals surface area contributed by atoms with Crippen LogP contribution >= 0.6 is 27.5 Å². The summed E-state index contributed by atoms with van der Waals surface area (Å²) in [5.41, 5.74) is 8.77. The summed E-state index contributed by atoms with van der Waals surface area (Å²) in [6, 6.07) is 5.58. The highest BCUT2D eigenvalue weighted by Gasteiger charge is 2.10. The molecule has 0 fully saturated rings. The fraction of sp³-hybridized carbons (Fsp3) is 0.231. The summed E-state index contributed by atoms with van der Waals surface area (Å²) < 4.78 is 0.820. The number of nitrogens with zero attached hydrogens (tertiary/aromatic N) is 2.